The maximum atomic E-state index is 12.9. The number of rotatable bonds is 10. The summed E-state index contributed by atoms with van der Waals surface area (Å²) in [5, 5.41) is 6.84. The number of benzene rings is 3. The highest BCUT2D eigenvalue weighted by molar-refractivity contribution is 6.04. The summed E-state index contributed by atoms with van der Waals surface area (Å²) in [5.41, 5.74) is 2.27. The molecule has 1 aromatic heterocycles. The van der Waals surface area contributed by atoms with Gasteiger partial charge in [-0.25, -0.2) is 9.97 Å². The smallest absolute Gasteiger partial charge is 0.354 e. The minimum Gasteiger partial charge on any atom is -0.354 e. The number of halogens is 3. The molecule has 0 unspecified atom stereocenters. The molecule has 0 atom stereocenters. The minimum absolute atomic E-state index is 0.0591. The number of alkyl halides is 3. The zero-order chi connectivity index (χ0) is 27.1. The SMILES string of the molecule is CCN(CC)CCCNc1ncc2cc(-c3ccc(NC(=O)c4cccc(C(F)(F)F)c4)cc3)ccc2n1. The molecule has 1 amide bonds. The lowest BCUT2D eigenvalue weighted by atomic mass is 10.0. The minimum atomic E-state index is -4.51. The summed E-state index contributed by atoms with van der Waals surface area (Å²) in [6.45, 7) is 8.25. The van der Waals surface area contributed by atoms with Crippen molar-refractivity contribution in [1.29, 1.82) is 0 Å². The molecule has 4 rings (SSSR count). The van der Waals surface area contributed by atoms with Gasteiger partial charge in [-0.15, -0.1) is 0 Å². The molecule has 0 saturated carbocycles. The molecule has 3 aromatic carbocycles. The third-order valence-electron chi connectivity index (χ3n) is 6.34. The van der Waals surface area contributed by atoms with Crippen LogP contribution in [0, 0.1) is 0 Å². The van der Waals surface area contributed by atoms with Crippen LogP contribution in [0.3, 0.4) is 0 Å². The van der Waals surface area contributed by atoms with E-state index in [2.05, 4.69) is 39.3 Å². The first kappa shape index (κ1) is 27.1. The van der Waals surface area contributed by atoms with Crippen LogP contribution in [0.4, 0.5) is 24.8 Å². The summed E-state index contributed by atoms with van der Waals surface area (Å²) >= 11 is 0. The van der Waals surface area contributed by atoms with Gasteiger partial charge in [0.2, 0.25) is 5.95 Å². The van der Waals surface area contributed by atoms with E-state index >= 15 is 0 Å². The van der Waals surface area contributed by atoms with E-state index in [9.17, 15) is 18.0 Å². The van der Waals surface area contributed by atoms with E-state index < -0.39 is 17.6 Å². The van der Waals surface area contributed by atoms with Gasteiger partial charge in [0.15, 0.2) is 0 Å². The molecule has 4 aromatic rings. The average Bonchev–Trinajstić information content (AvgIpc) is 2.93. The number of hydrogen-bond acceptors (Lipinski definition) is 5. The van der Waals surface area contributed by atoms with E-state index in [1.165, 1.54) is 12.1 Å². The first-order valence-corrected chi connectivity index (χ1v) is 12.6. The zero-order valence-corrected chi connectivity index (χ0v) is 21.3. The molecule has 0 aliphatic heterocycles. The summed E-state index contributed by atoms with van der Waals surface area (Å²) in [7, 11) is 0. The second-order valence-electron chi connectivity index (χ2n) is 8.88. The Labute approximate surface area is 219 Å². The van der Waals surface area contributed by atoms with Crippen LogP contribution in [0.1, 0.15) is 36.2 Å². The van der Waals surface area contributed by atoms with Gasteiger partial charge in [0.05, 0.1) is 11.1 Å². The van der Waals surface area contributed by atoms with E-state index in [0.29, 0.717) is 11.6 Å². The molecule has 0 fully saturated rings. The van der Waals surface area contributed by atoms with Crippen LogP contribution in [0.15, 0.2) is 72.9 Å². The van der Waals surface area contributed by atoms with Gasteiger partial charge in [-0.1, -0.05) is 38.1 Å². The Morgan fingerprint density at radius 1 is 0.947 bits per heavy atom. The van der Waals surface area contributed by atoms with Crippen molar-refractivity contribution in [3.8, 4) is 11.1 Å². The second kappa shape index (κ2) is 12.0. The molecule has 38 heavy (non-hydrogen) atoms. The van der Waals surface area contributed by atoms with Gasteiger partial charge in [0.25, 0.3) is 5.91 Å². The number of fused-ring (bicyclic) bond motifs is 1. The molecule has 0 bridgehead atoms. The largest absolute Gasteiger partial charge is 0.416 e. The van der Waals surface area contributed by atoms with Gasteiger partial charge in [0.1, 0.15) is 0 Å². The fourth-order valence-electron chi connectivity index (χ4n) is 4.13. The van der Waals surface area contributed by atoms with E-state index in [1.807, 2.05) is 30.3 Å². The standard InChI is InChI=1S/C29H30F3N5O/c1-3-37(4-2)16-6-15-33-28-34-19-23-17-21(11-14-26(23)36-28)20-9-12-25(13-10-20)35-27(38)22-7-5-8-24(18-22)29(30,31)32/h5,7-14,17-19H,3-4,6,15-16H2,1-2H3,(H,35,38)(H,33,34,36). The van der Waals surface area contributed by atoms with Gasteiger partial charge in [0, 0.05) is 29.4 Å². The molecule has 0 saturated heterocycles. The predicted octanol–water partition coefficient (Wildman–Crippen LogP) is 6.71. The van der Waals surface area contributed by atoms with Gasteiger partial charge in [-0.3, -0.25) is 4.79 Å². The Bertz CT molecular complexity index is 1390. The van der Waals surface area contributed by atoms with Crippen molar-refractivity contribution >= 4 is 28.4 Å². The van der Waals surface area contributed by atoms with Gasteiger partial charge >= 0.3 is 6.18 Å². The van der Waals surface area contributed by atoms with E-state index in [1.54, 1.807) is 18.3 Å². The van der Waals surface area contributed by atoms with Crippen molar-refractivity contribution in [3.05, 3.63) is 84.1 Å². The molecule has 0 radical (unpaired) electrons. The van der Waals surface area contributed by atoms with Crippen molar-refractivity contribution in [2.75, 3.05) is 36.8 Å². The third-order valence-corrected chi connectivity index (χ3v) is 6.34. The molecule has 2 N–H and O–H groups in total. The van der Waals surface area contributed by atoms with Gasteiger partial charge < -0.3 is 15.5 Å². The van der Waals surface area contributed by atoms with Crippen LogP contribution in [-0.4, -0.2) is 47.0 Å². The van der Waals surface area contributed by atoms with Crippen LogP contribution in [0.5, 0.6) is 0 Å². The number of nitrogens with one attached hydrogen (secondary N) is 2. The lowest BCUT2D eigenvalue weighted by Crippen LogP contribution is -2.25. The zero-order valence-electron chi connectivity index (χ0n) is 21.3. The van der Waals surface area contributed by atoms with Gasteiger partial charge in [-0.05, 0) is 79.6 Å². The molecule has 0 aliphatic rings. The number of aromatic nitrogens is 2. The number of nitrogens with zero attached hydrogens (tertiary/aromatic N) is 3. The van der Waals surface area contributed by atoms with Crippen LogP contribution >= 0.6 is 0 Å². The molecular formula is C29H30F3N5O. The molecule has 198 valence electrons. The maximum Gasteiger partial charge on any atom is 0.416 e. The predicted molar refractivity (Wildman–Crippen MR) is 145 cm³/mol. The summed E-state index contributed by atoms with van der Waals surface area (Å²) < 4.78 is 38.8. The second-order valence-corrected chi connectivity index (χ2v) is 8.88. The maximum absolute atomic E-state index is 12.9. The highest BCUT2D eigenvalue weighted by Gasteiger charge is 2.30. The number of amides is 1. The van der Waals surface area contributed by atoms with Crippen molar-refractivity contribution < 1.29 is 18.0 Å². The topological polar surface area (TPSA) is 70.2 Å². The fourth-order valence-corrected chi connectivity index (χ4v) is 4.13. The first-order chi connectivity index (χ1) is 18.3. The van der Waals surface area contributed by atoms with Crippen molar-refractivity contribution in [2.24, 2.45) is 0 Å². The van der Waals surface area contributed by atoms with Crippen LogP contribution in [0.2, 0.25) is 0 Å². The van der Waals surface area contributed by atoms with Crippen LogP contribution in [0.25, 0.3) is 22.0 Å². The monoisotopic (exact) mass is 521 g/mol. The highest BCUT2D eigenvalue weighted by Crippen LogP contribution is 2.30. The van der Waals surface area contributed by atoms with E-state index in [4.69, 9.17) is 0 Å². The quantitative estimate of drug-likeness (QED) is 0.227. The average molecular weight is 522 g/mol. The Hall–Kier alpha value is -3.98. The first-order valence-electron chi connectivity index (χ1n) is 12.6. The summed E-state index contributed by atoms with van der Waals surface area (Å²) in [6, 6.07) is 17.4. The van der Waals surface area contributed by atoms with Crippen molar-refractivity contribution in [2.45, 2.75) is 26.4 Å². The fraction of sp³-hybridized carbons (Fsp3) is 0.276. The number of carbonyl (C=O) groups is 1. The Morgan fingerprint density at radius 2 is 1.68 bits per heavy atom. The van der Waals surface area contributed by atoms with Crippen LogP contribution in [-0.2, 0) is 6.18 Å². The Balaban J connectivity index is 1.39. The summed E-state index contributed by atoms with van der Waals surface area (Å²) in [5.74, 6) is -0.00478. The molecule has 6 nitrogen and oxygen atoms in total. The van der Waals surface area contributed by atoms with Crippen molar-refractivity contribution in [3.63, 3.8) is 0 Å². The summed E-state index contributed by atoms with van der Waals surface area (Å²) in [6.07, 6.45) is -1.70. The molecular weight excluding hydrogens is 491 g/mol. The normalized spacial score (nSPS) is 11.6. The third kappa shape index (κ3) is 6.86. The molecule has 9 heteroatoms. The number of carbonyl (C=O) groups excluding carboxylic acids is 1. The number of hydrogen-bond donors (Lipinski definition) is 2. The lowest BCUT2D eigenvalue weighted by Gasteiger charge is -2.17. The van der Waals surface area contributed by atoms with Crippen molar-refractivity contribution in [1.82, 2.24) is 14.9 Å². The molecule has 1 heterocycles. The molecule has 0 aliphatic carbocycles. The van der Waals surface area contributed by atoms with E-state index in [0.717, 1.165) is 66.8 Å². The molecule has 0 spiro atoms. The Morgan fingerprint density at radius 3 is 2.39 bits per heavy atom. The van der Waals surface area contributed by atoms with Gasteiger partial charge in [-0.2, -0.15) is 13.2 Å². The van der Waals surface area contributed by atoms with E-state index in [-0.39, 0.29) is 5.56 Å². The number of anilines is 2. The lowest BCUT2D eigenvalue weighted by molar-refractivity contribution is -0.137. The Kier molecular flexibility index (Phi) is 8.58. The highest BCUT2D eigenvalue weighted by atomic mass is 19.4. The van der Waals surface area contributed by atoms with Crippen LogP contribution < -0.4 is 10.6 Å². The summed E-state index contributed by atoms with van der Waals surface area (Å²) in [4.78, 5) is 23.9.